The molecule has 2 aromatic carbocycles. The summed E-state index contributed by atoms with van der Waals surface area (Å²) in [5.74, 6) is 1.58. The second-order valence-corrected chi connectivity index (χ2v) is 8.88. The lowest BCUT2D eigenvalue weighted by molar-refractivity contribution is 0.659. The van der Waals surface area contributed by atoms with Crippen LogP contribution in [0.5, 0.6) is 0 Å². The Hall–Kier alpha value is -3.17. The number of rotatable bonds is 4. The minimum atomic E-state index is 0.667. The molecule has 0 radical (unpaired) electrons. The van der Waals surface area contributed by atoms with Gasteiger partial charge in [-0.15, -0.1) is 0 Å². The molecule has 1 aliphatic rings. The molecule has 0 unspecified atom stereocenters. The van der Waals surface area contributed by atoms with E-state index in [9.17, 15) is 5.26 Å². The summed E-state index contributed by atoms with van der Waals surface area (Å²) in [5, 5.41) is 14.0. The first-order chi connectivity index (χ1) is 15.1. The highest BCUT2D eigenvalue weighted by Gasteiger charge is 2.20. The highest BCUT2D eigenvalue weighted by atomic mass is 79.9. The molecule has 0 saturated heterocycles. The summed E-state index contributed by atoms with van der Waals surface area (Å²) in [6.07, 6.45) is 4.29. The van der Waals surface area contributed by atoms with Crippen LogP contribution in [-0.2, 0) is 19.4 Å². The van der Waals surface area contributed by atoms with Gasteiger partial charge in [0.05, 0.1) is 22.8 Å². The second kappa shape index (κ2) is 8.16. The summed E-state index contributed by atoms with van der Waals surface area (Å²) in [6.45, 7) is 2.74. The lowest BCUT2D eigenvalue weighted by Gasteiger charge is -2.21. The fourth-order valence-electron chi connectivity index (χ4n) is 4.39. The van der Waals surface area contributed by atoms with Gasteiger partial charge in [-0.25, -0.2) is 4.98 Å². The van der Waals surface area contributed by atoms with Crippen molar-refractivity contribution in [3.05, 3.63) is 81.1 Å². The van der Waals surface area contributed by atoms with E-state index in [1.165, 1.54) is 11.1 Å². The monoisotopic (exact) mass is 471 g/mol. The number of benzene rings is 2. The molecular formula is C25H22BrN5. The van der Waals surface area contributed by atoms with Crippen LogP contribution in [0.25, 0.3) is 16.9 Å². The predicted molar refractivity (Wildman–Crippen MR) is 126 cm³/mol. The fourth-order valence-corrected chi connectivity index (χ4v) is 4.83. The molecule has 0 amide bonds. The van der Waals surface area contributed by atoms with Crippen LogP contribution < -0.4 is 5.32 Å². The Morgan fingerprint density at radius 1 is 1.10 bits per heavy atom. The van der Waals surface area contributed by atoms with Crippen LogP contribution in [0.4, 0.5) is 5.82 Å². The van der Waals surface area contributed by atoms with Gasteiger partial charge in [-0.05, 0) is 68.5 Å². The lowest BCUT2D eigenvalue weighted by atomic mass is 9.96. The van der Waals surface area contributed by atoms with E-state index < -0.39 is 0 Å². The first-order valence-electron chi connectivity index (χ1n) is 10.5. The minimum absolute atomic E-state index is 0.667. The number of nitrogens with zero attached hydrogens (tertiary/aromatic N) is 4. The van der Waals surface area contributed by atoms with E-state index >= 15 is 0 Å². The summed E-state index contributed by atoms with van der Waals surface area (Å²) >= 11 is 3.55. The molecule has 5 rings (SSSR count). The third kappa shape index (κ3) is 3.70. The average molecular weight is 472 g/mol. The Morgan fingerprint density at radius 2 is 1.94 bits per heavy atom. The van der Waals surface area contributed by atoms with E-state index in [0.29, 0.717) is 18.1 Å². The van der Waals surface area contributed by atoms with Crippen LogP contribution in [0.3, 0.4) is 0 Å². The zero-order valence-electron chi connectivity index (χ0n) is 17.3. The van der Waals surface area contributed by atoms with Crippen molar-refractivity contribution in [1.82, 2.24) is 14.5 Å². The van der Waals surface area contributed by atoms with Gasteiger partial charge in [0.2, 0.25) is 5.95 Å². The Bertz CT molecular complexity index is 1330. The fraction of sp³-hybridized carbons (Fsp3) is 0.240. The zero-order chi connectivity index (χ0) is 21.4. The number of fused-ring (bicyclic) bond motifs is 2. The minimum Gasteiger partial charge on any atom is -0.366 e. The van der Waals surface area contributed by atoms with Crippen molar-refractivity contribution in [1.29, 1.82) is 5.26 Å². The predicted octanol–water partition coefficient (Wildman–Crippen LogP) is 5.85. The van der Waals surface area contributed by atoms with Crippen molar-refractivity contribution >= 4 is 32.7 Å². The molecule has 0 fully saturated rings. The Labute approximate surface area is 189 Å². The summed E-state index contributed by atoms with van der Waals surface area (Å²) in [4.78, 5) is 9.95. The normalized spacial score (nSPS) is 13.1. The highest BCUT2D eigenvalue weighted by Crippen LogP contribution is 2.30. The highest BCUT2D eigenvalue weighted by molar-refractivity contribution is 9.10. The van der Waals surface area contributed by atoms with Gasteiger partial charge in [-0.2, -0.15) is 10.2 Å². The van der Waals surface area contributed by atoms with Crippen LogP contribution in [0.2, 0.25) is 0 Å². The van der Waals surface area contributed by atoms with Crippen LogP contribution in [0.1, 0.15) is 40.9 Å². The van der Waals surface area contributed by atoms with Crippen LogP contribution in [-0.4, -0.2) is 14.5 Å². The number of hydrogen-bond donors (Lipinski definition) is 1. The number of anilines is 1. The molecule has 154 valence electrons. The standard InChI is InChI=1S/C25H22BrN5/c1-16-12-21-18(14-27)7-5-11-23(21)31(16)25-29-22-10-3-2-9-20(22)24(30-25)28-15-17-6-4-8-19(26)13-17/h4-8,11-13H,2-3,9-10,15H2,1H3,(H,28,29,30). The third-order valence-corrected chi connectivity index (χ3v) is 6.36. The number of aromatic nitrogens is 3. The van der Waals surface area contributed by atoms with Crippen molar-refractivity contribution in [2.45, 2.75) is 39.2 Å². The number of nitrogens with one attached hydrogen (secondary N) is 1. The zero-order valence-corrected chi connectivity index (χ0v) is 18.9. The molecule has 1 aliphatic carbocycles. The Balaban J connectivity index is 1.61. The molecule has 0 atom stereocenters. The van der Waals surface area contributed by atoms with Crippen molar-refractivity contribution in [3.63, 3.8) is 0 Å². The van der Waals surface area contributed by atoms with E-state index in [-0.39, 0.29) is 0 Å². The third-order valence-electron chi connectivity index (χ3n) is 5.87. The maximum absolute atomic E-state index is 9.50. The van der Waals surface area contributed by atoms with Gasteiger partial charge in [0.15, 0.2) is 0 Å². The van der Waals surface area contributed by atoms with Crippen LogP contribution in [0.15, 0.2) is 53.0 Å². The molecule has 2 heterocycles. The molecule has 0 spiro atoms. The van der Waals surface area contributed by atoms with Crippen molar-refractivity contribution in [2.75, 3.05) is 5.32 Å². The second-order valence-electron chi connectivity index (χ2n) is 7.96. The van der Waals surface area contributed by atoms with Crippen LogP contribution >= 0.6 is 15.9 Å². The van der Waals surface area contributed by atoms with E-state index in [0.717, 1.165) is 58.3 Å². The number of halogens is 1. The SMILES string of the molecule is Cc1cc2c(C#N)cccc2n1-c1nc2c(c(NCc3cccc(Br)c3)n1)CCCC2. The van der Waals surface area contributed by atoms with Gasteiger partial charge in [0.1, 0.15) is 5.82 Å². The van der Waals surface area contributed by atoms with Gasteiger partial charge >= 0.3 is 0 Å². The smallest absolute Gasteiger partial charge is 0.236 e. The number of nitriles is 1. The maximum Gasteiger partial charge on any atom is 0.236 e. The summed E-state index contributed by atoms with van der Waals surface area (Å²) in [5.41, 5.74) is 6.21. The van der Waals surface area contributed by atoms with E-state index in [2.05, 4.69) is 44.0 Å². The van der Waals surface area contributed by atoms with E-state index in [4.69, 9.17) is 9.97 Å². The van der Waals surface area contributed by atoms with Crippen molar-refractivity contribution in [3.8, 4) is 12.0 Å². The molecule has 1 N–H and O–H groups in total. The van der Waals surface area contributed by atoms with E-state index in [1.807, 2.05) is 43.3 Å². The molecule has 4 aromatic rings. The van der Waals surface area contributed by atoms with Crippen molar-refractivity contribution in [2.24, 2.45) is 0 Å². The maximum atomic E-state index is 9.50. The van der Waals surface area contributed by atoms with Crippen LogP contribution in [0, 0.1) is 18.3 Å². The molecular weight excluding hydrogens is 450 g/mol. The topological polar surface area (TPSA) is 66.5 Å². The molecule has 2 aromatic heterocycles. The number of aryl methyl sites for hydroxylation is 2. The molecule has 5 nitrogen and oxygen atoms in total. The van der Waals surface area contributed by atoms with Crippen molar-refractivity contribution < 1.29 is 0 Å². The molecule has 0 saturated carbocycles. The summed E-state index contributed by atoms with van der Waals surface area (Å²) < 4.78 is 3.13. The number of hydrogen-bond acceptors (Lipinski definition) is 4. The lowest BCUT2D eigenvalue weighted by Crippen LogP contribution is -2.16. The largest absolute Gasteiger partial charge is 0.366 e. The first-order valence-corrected chi connectivity index (χ1v) is 11.3. The van der Waals surface area contributed by atoms with Gasteiger partial charge in [0, 0.05) is 27.7 Å². The summed E-state index contributed by atoms with van der Waals surface area (Å²) in [6, 6.07) is 18.4. The Morgan fingerprint density at radius 3 is 2.77 bits per heavy atom. The van der Waals surface area contributed by atoms with Gasteiger partial charge in [-0.3, -0.25) is 4.57 Å². The quantitative estimate of drug-likeness (QED) is 0.405. The van der Waals surface area contributed by atoms with Gasteiger partial charge in [-0.1, -0.05) is 34.1 Å². The molecule has 0 bridgehead atoms. The summed E-state index contributed by atoms with van der Waals surface area (Å²) in [7, 11) is 0. The first kappa shape index (κ1) is 19.8. The molecule has 31 heavy (non-hydrogen) atoms. The average Bonchev–Trinajstić information content (AvgIpc) is 3.13. The van der Waals surface area contributed by atoms with Gasteiger partial charge in [0.25, 0.3) is 0 Å². The molecule has 0 aliphatic heterocycles. The Kier molecular flexibility index (Phi) is 5.21. The van der Waals surface area contributed by atoms with E-state index in [1.54, 1.807) is 0 Å². The molecule has 6 heteroatoms. The van der Waals surface area contributed by atoms with Gasteiger partial charge < -0.3 is 5.32 Å².